The Hall–Kier alpha value is -0.680. The molecular formula is C10H19N3OS. The molecule has 0 bridgehead atoms. The van der Waals surface area contributed by atoms with E-state index in [-0.39, 0.29) is 12.6 Å². The summed E-state index contributed by atoms with van der Waals surface area (Å²) in [4.78, 5) is 4.37. The summed E-state index contributed by atoms with van der Waals surface area (Å²) in [5.74, 6) is 1.59. The zero-order chi connectivity index (χ0) is 11.4. The Balaban J connectivity index is 2.63. The van der Waals surface area contributed by atoms with Gasteiger partial charge in [-0.25, -0.2) is 4.98 Å². The maximum atomic E-state index is 9.17. The molecule has 0 amide bonds. The van der Waals surface area contributed by atoms with E-state index in [0.29, 0.717) is 11.8 Å². The summed E-state index contributed by atoms with van der Waals surface area (Å²) in [5, 5.41) is 13.2. The highest BCUT2D eigenvalue weighted by Gasteiger charge is 2.14. The summed E-state index contributed by atoms with van der Waals surface area (Å²) in [7, 11) is 0. The van der Waals surface area contributed by atoms with E-state index in [1.54, 1.807) is 0 Å². The van der Waals surface area contributed by atoms with Gasteiger partial charge in [-0.1, -0.05) is 27.7 Å². The molecule has 1 aromatic rings. The van der Waals surface area contributed by atoms with E-state index >= 15 is 0 Å². The van der Waals surface area contributed by atoms with Crippen molar-refractivity contribution in [2.75, 3.05) is 11.9 Å². The Bertz CT molecular complexity index is 299. The van der Waals surface area contributed by atoms with Crippen LogP contribution in [-0.4, -0.2) is 27.1 Å². The normalized spacial score (nSPS) is 13.5. The van der Waals surface area contributed by atoms with Crippen LogP contribution in [-0.2, 0) is 0 Å². The van der Waals surface area contributed by atoms with E-state index in [2.05, 4.69) is 42.4 Å². The highest BCUT2D eigenvalue weighted by Crippen LogP contribution is 2.19. The monoisotopic (exact) mass is 229 g/mol. The minimum Gasteiger partial charge on any atom is -0.394 e. The largest absolute Gasteiger partial charge is 0.394 e. The van der Waals surface area contributed by atoms with Crippen LogP contribution < -0.4 is 5.32 Å². The van der Waals surface area contributed by atoms with Crippen LogP contribution in [0.5, 0.6) is 0 Å². The standard InChI is InChI=1S/C10H19N3OS/c1-6(2)8(5-14)11-10-12-9(7(3)4)13-15-10/h6-8,14H,5H2,1-4H3,(H,11,12,13). The molecule has 0 radical (unpaired) electrons. The van der Waals surface area contributed by atoms with Gasteiger partial charge in [-0.15, -0.1) is 0 Å². The van der Waals surface area contributed by atoms with Gasteiger partial charge in [-0.3, -0.25) is 0 Å². The number of nitrogens with zero attached hydrogens (tertiary/aromatic N) is 2. The maximum absolute atomic E-state index is 9.17. The molecule has 1 atom stereocenters. The second-order valence-electron chi connectivity index (χ2n) is 4.29. The van der Waals surface area contributed by atoms with Crippen molar-refractivity contribution in [1.82, 2.24) is 9.36 Å². The molecule has 0 aliphatic carbocycles. The smallest absolute Gasteiger partial charge is 0.202 e. The lowest BCUT2D eigenvalue weighted by molar-refractivity contribution is 0.249. The molecule has 1 aromatic heterocycles. The highest BCUT2D eigenvalue weighted by molar-refractivity contribution is 7.09. The second kappa shape index (κ2) is 5.42. The molecule has 0 aliphatic rings. The third-order valence-corrected chi connectivity index (χ3v) is 2.93. The van der Waals surface area contributed by atoms with Crippen LogP contribution >= 0.6 is 11.5 Å². The highest BCUT2D eigenvalue weighted by atomic mass is 32.1. The van der Waals surface area contributed by atoms with Crippen molar-refractivity contribution in [3.8, 4) is 0 Å². The molecule has 1 rings (SSSR count). The van der Waals surface area contributed by atoms with Gasteiger partial charge in [0.1, 0.15) is 5.82 Å². The molecule has 15 heavy (non-hydrogen) atoms. The first-order valence-corrected chi connectivity index (χ1v) is 6.03. The lowest BCUT2D eigenvalue weighted by Crippen LogP contribution is -2.29. The summed E-state index contributed by atoms with van der Waals surface area (Å²) in [6, 6.07) is 0.0537. The Kier molecular flexibility index (Phi) is 4.47. The van der Waals surface area contributed by atoms with Gasteiger partial charge in [-0.05, 0) is 5.92 Å². The van der Waals surface area contributed by atoms with Gasteiger partial charge in [0.05, 0.1) is 12.6 Å². The van der Waals surface area contributed by atoms with E-state index in [9.17, 15) is 0 Å². The van der Waals surface area contributed by atoms with E-state index in [0.717, 1.165) is 11.0 Å². The lowest BCUT2D eigenvalue weighted by Gasteiger charge is -2.18. The zero-order valence-corrected chi connectivity index (χ0v) is 10.5. The van der Waals surface area contributed by atoms with Gasteiger partial charge in [0.25, 0.3) is 0 Å². The molecule has 0 fully saturated rings. The topological polar surface area (TPSA) is 58.0 Å². The van der Waals surface area contributed by atoms with Crippen LogP contribution in [0.4, 0.5) is 5.13 Å². The van der Waals surface area contributed by atoms with Crippen molar-refractivity contribution in [1.29, 1.82) is 0 Å². The Morgan fingerprint density at radius 3 is 2.40 bits per heavy atom. The van der Waals surface area contributed by atoms with Gasteiger partial charge in [0.2, 0.25) is 5.13 Å². The minimum atomic E-state index is 0.0537. The molecule has 86 valence electrons. The predicted molar refractivity (Wildman–Crippen MR) is 63.3 cm³/mol. The number of rotatable bonds is 5. The van der Waals surface area contributed by atoms with Gasteiger partial charge < -0.3 is 10.4 Å². The van der Waals surface area contributed by atoms with Crippen molar-refractivity contribution < 1.29 is 5.11 Å². The predicted octanol–water partition coefficient (Wildman–Crippen LogP) is 2.09. The van der Waals surface area contributed by atoms with Gasteiger partial charge in [-0.2, -0.15) is 4.37 Å². The number of nitrogens with one attached hydrogen (secondary N) is 1. The fourth-order valence-corrected chi connectivity index (χ4v) is 1.88. The number of anilines is 1. The molecule has 0 aromatic carbocycles. The fraction of sp³-hybridized carbons (Fsp3) is 0.800. The summed E-state index contributed by atoms with van der Waals surface area (Å²) < 4.78 is 4.25. The van der Waals surface area contributed by atoms with E-state index in [4.69, 9.17) is 5.11 Å². The molecular weight excluding hydrogens is 210 g/mol. The summed E-state index contributed by atoms with van der Waals surface area (Å²) >= 11 is 1.36. The molecule has 1 unspecified atom stereocenters. The Morgan fingerprint density at radius 1 is 1.33 bits per heavy atom. The molecule has 0 saturated carbocycles. The van der Waals surface area contributed by atoms with Gasteiger partial charge >= 0.3 is 0 Å². The van der Waals surface area contributed by atoms with E-state index in [1.165, 1.54) is 11.5 Å². The van der Waals surface area contributed by atoms with Crippen molar-refractivity contribution in [2.45, 2.75) is 39.7 Å². The average Bonchev–Trinajstić information content (AvgIpc) is 2.61. The first kappa shape index (κ1) is 12.4. The fourth-order valence-electron chi connectivity index (χ4n) is 1.11. The number of hydrogen-bond donors (Lipinski definition) is 2. The quantitative estimate of drug-likeness (QED) is 0.811. The summed E-state index contributed by atoms with van der Waals surface area (Å²) in [6.07, 6.45) is 0. The molecule has 2 N–H and O–H groups in total. The Morgan fingerprint density at radius 2 is 2.00 bits per heavy atom. The first-order chi connectivity index (χ1) is 7.04. The summed E-state index contributed by atoms with van der Waals surface area (Å²) in [5.41, 5.74) is 0. The van der Waals surface area contributed by atoms with Crippen LogP contribution in [0.25, 0.3) is 0 Å². The second-order valence-corrected chi connectivity index (χ2v) is 5.04. The molecule has 4 nitrogen and oxygen atoms in total. The van der Waals surface area contributed by atoms with Crippen LogP contribution in [0.3, 0.4) is 0 Å². The van der Waals surface area contributed by atoms with E-state index < -0.39 is 0 Å². The van der Waals surface area contributed by atoms with Crippen LogP contribution in [0, 0.1) is 5.92 Å². The minimum absolute atomic E-state index is 0.0537. The van der Waals surface area contributed by atoms with Gasteiger partial charge in [0, 0.05) is 17.5 Å². The SMILES string of the molecule is CC(C)c1nsc(NC(CO)C(C)C)n1. The average molecular weight is 229 g/mol. The number of aliphatic hydroxyl groups excluding tert-OH is 1. The van der Waals surface area contributed by atoms with Crippen molar-refractivity contribution in [3.05, 3.63) is 5.82 Å². The zero-order valence-electron chi connectivity index (χ0n) is 9.69. The third-order valence-electron chi connectivity index (χ3n) is 2.27. The van der Waals surface area contributed by atoms with Crippen LogP contribution in [0.2, 0.25) is 0 Å². The number of aromatic nitrogens is 2. The van der Waals surface area contributed by atoms with Gasteiger partial charge in [0.15, 0.2) is 0 Å². The lowest BCUT2D eigenvalue weighted by atomic mass is 10.1. The van der Waals surface area contributed by atoms with Crippen molar-refractivity contribution >= 4 is 16.7 Å². The van der Waals surface area contributed by atoms with Crippen molar-refractivity contribution in [2.24, 2.45) is 5.92 Å². The molecule has 5 heteroatoms. The maximum Gasteiger partial charge on any atom is 0.202 e. The third kappa shape index (κ3) is 3.43. The molecule has 0 saturated heterocycles. The molecule has 0 spiro atoms. The van der Waals surface area contributed by atoms with E-state index in [1.807, 2.05) is 0 Å². The number of aliphatic hydroxyl groups is 1. The summed E-state index contributed by atoms with van der Waals surface area (Å²) in [6.45, 7) is 8.39. The first-order valence-electron chi connectivity index (χ1n) is 5.25. The molecule has 1 heterocycles. The van der Waals surface area contributed by atoms with Crippen LogP contribution in [0.15, 0.2) is 0 Å². The number of hydrogen-bond acceptors (Lipinski definition) is 5. The molecule has 0 aliphatic heterocycles. The Labute approximate surface area is 94.9 Å². The van der Waals surface area contributed by atoms with Crippen LogP contribution in [0.1, 0.15) is 39.4 Å². The van der Waals surface area contributed by atoms with Crippen molar-refractivity contribution in [3.63, 3.8) is 0 Å².